The summed E-state index contributed by atoms with van der Waals surface area (Å²) in [6, 6.07) is 1.65. The predicted molar refractivity (Wildman–Crippen MR) is 83.5 cm³/mol. The summed E-state index contributed by atoms with van der Waals surface area (Å²) in [5, 5.41) is 3.78. The van der Waals surface area contributed by atoms with E-state index in [0.29, 0.717) is 5.41 Å². The highest BCUT2D eigenvalue weighted by molar-refractivity contribution is 4.90. The van der Waals surface area contributed by atoms with E-state index in [1.54, 1.807) is 0 Å². The summed E-state index contributed by atoms with van der Waals surface area (Å²) < 4.78 is 0. The van der Waals surface area contributed by atoms with Crippen molar-refractivity contribution in [1.82, 2.24) is 10.2 Å². The molecule has 0 bridgehead atoms. The number of rotatable bonds is 5. The minimum atomic E-state index is 0.475. The highest BCUT2D eigenvalue weighted by Gasteiger charge is 2.34. The van der Waals surface area contributed by atoms with Gasteiger partial charge in [0.1, 0.15) is 0 Å². The molecule has 0 aromatic rings. The summed E-state index contributed by atoms with van der Waals surface area (Å²) in [6.45, 7) is 13.3. The number of nitrogens with zero attached hydrogens (tertiary/aromatic N) is 1. The van der Waals surface area contributed by atoms with Crippen LogP contribution >= 0.6 is 0 Å². The van der Waals surface area contributed by atoms with Crippen molar-refractivity contribution in [2.24, 2.45) is 11.3 Å². The van der Waals surface area contributed by atoms with Gasteiger partial charge >= 0.3 is 0 Å². The maximum atomic E-state index is 3.78. The summed E-state index contributed by atoms with van der Waals surface area (Å²) in [4.78, 5) is 2.80. The van der Waals surface area contributed by atoms with Gasteiger partial charge in [-0.05, 0) is 50.0 Å². The van der Waals surface area contributed by atoms with Gasteiger partial charge in [-0.15, -0.1) is 0 Å². The molecule has 0 aromatic heterocycles. The maximum absolute atomic E-state index is 3.78. The largest absolute Gasteiger partial charge is 0.313 e. The Morgan fingerprint density at radius 1 is 1.16 bits per heavy atom. The second kappa shape index (κ2) is 6.58. The third kappa shape index (κ3) is 4.75. The number of hydrogen-bond acceptors (Lipinski definition) is 2. The van der Waals surface area contributed by atoms with Crippen LogP contribution in [-0.2, 0) is 0 Å². The standard InChI is InChI=1S/C17H34N2/c1-5-9-18-15-10-14(11-17(2,3)4)12-19(13-15)16-7-6-8-16/h14-16,18H,5-13H2,1-4H3. The maximum Gasteiger partial charge on any atom is 0.0198 e. The van der Waals surface area contributed by atoms with Crippen molar-refractivity contribution in [1.29, 1.82) is 0 Å². The molecule has 1 saturated carbocycles. The van der Waals surface area contributed by atoms with Crippen LogP contribution in [0, 0.1) is 11.3 Å². The zero-order chi connectivity index (χ0) is 13.9. The molecule has 1 N–H and O–H groups in total. The van der Waals surface area contributed by atoms with Crippen molar-refractivity contribution >= 4 is 0 Å². The zero-order valence-corrected chi connectivity index (χ0v) is 13.5. The summed E-state index contributed by atoms with van der Waals surface area (Å²) in [5.74, 6) is 0.892. The lowest BCUT2D eigenvalue weighted by Gasteiger charge is -2.46. The minimum absolute atomic E-state index is 0.475. The molecule has 19 heavy (non-hydrogen) atoms. The fourth-order valence-corrected chi connectivity index (χ4v) is 3.80. The normalized spacial score (nSPS) is 30.3. The molecule has 2 nitrogen and oxygen atoms in total. The first kappa shape index (κ1) is 15.3. The Morgan fingerprint density at radius 2 is 1.89 bits per heavy atom. The first-order chi connectivity index (χ1) is 8.98. The quantitative estimate of drug-likeness (QED) is 0.817. The fraction of sp³-hybridized carbons (Fsp3) is 1.00. The Bertz CT molecular complexity index is 265. The first-order valence-corrected chi connectivity index (χ1v) is 8.45. The topological polar surface area (TPSA) is 15.3 Å². The molecular weight excluding hydrogens is 232 g/mol. The second-order valence-corrected chi connectivity index (χ2v) is 8.06. The van der Waals surface area contributed by atoms with Crippen molar-refractivity contribution in [3.05, 3.63) is 0 Å². The smallest absolute Gasteiger partial charge is 0.0198 e. The van der Waals surface area contributed by atoms with Crippen LogP contribution < -0.4 is 5.32 Å². The van der Waals surface area contributed by atoms with Gasteiger partial charge in [-0.1, -0.05) is 34.1 Å². The highest BCUT2D eigenvalue weighted by atomic mass is 15.2. The van der Waals surface area contributed by atoms with E-state index < -0.39 is 0 Å². The Hall–Kier alpha value is -0.0800. The van der Waals surface area contributed by atoms with Gasteiger partial charge in [-0.3, -0.25) is 4.90 Å². The second-order valence-electron chi connectivity index (χ2n) is 8.06. The molecule has 1 aliphatic carbocycles. The third-order valence-electron chi connectivity index (χ3n) is 4.74. The van der Waals surface area contributed by atoms with Gasteiger partial charge in [-0.2, -0.15) is 0 Å². The van der Waals surface area contributed by atoms with E-state index in [2.05, 4.69) is 37.9 Å². The van der Waals surface area contributed by atoms with Crippen LogP contribution in [0.2, 0.25) is 0 Å². The summed E-state index contributed by atoms with van der Waals surface area (Å²) in [6.07, 6.45) is 8.37. The summed E-state index contributed by atoms with van der Waals surface area (Å²) in [7, 11) is 0. The highest BCUT2D eigenvalue weighted by Crippen LogP contribution is 2.34. The van der Waals surface area contributed by atoms with Gasteiger partial charge in [0, 0.05) is 25.2 Å². The molecule has 112 valence electrons. The number of likely N-dealkylation sites (tertiary alicyclic amines) is 1. The molecule has 2 unspecified atom stereocenters. The Balaban J connectivity index is 1.90. The van der Waals surface area contributed by atoms with Crippen molar-refractivity contribution in [2.45, 2.75) is 78.3 Å². The Labute approximate surface area is 120 Å². The van der Waals surface area contributed by atoms with Gasteiger partial charge in [0.25, 0.3) is 0 Å². The number of piperidine rings is 1. The molecule has 0 amide bonds. The molecule has 0 radical (unpaired) electrons. The van der Waals surface area contributed by atoms with Crippen LogP contribution in [0.1, 0.15) is 66.2 Å². The van der Waals surface area contributed by atoms with Crippen molar-refractivity contribution < 1.29 is 0 Å². The van der Waals surface area contributed by atoms with E-state index in [0.717, 1.165) is 18.0 Å². The molecule has 2 atom stereocenters. The monoisotopic (exact) mass is 266 g/mol. The van der Waals surface area contributed by atoms with Crippen LogP contribution in [-0.4, -0.2) is 36.6 Å². The number of nitrogens with one attached hydrogen (secondary N) is 1. The lowest BCUT2D eigenvalue weighted by Crippen LogP contribution is -2.54. The van der Waals surface area contributed by atoms with E-state index in [-0.39, 0.29) is 0 Å². The van der Waals surface area contributed by atoms with E-state index in [1.165, 1.54) is 58.2 Å². The average Bonchev–Trinajstić information content (AvgIpc) is 2.21. The first-order valence-electron chi connectivity index (χ1n) is 8.45. The van der Waals surface area contributed by atoms with Crippen LogP contribution in [0.15, 0.2) is 0 Å². The molecule has 1 aliphatic heterocycles. The van der Waals surface area contributed by atoms with Crippen molar-refractivity contribution in [3.63, 3.8) is 0 Å². The van der Waals surface area contributed by atoms with Crippen LogP contribution in [0.5, 0.6) is 0 Å². The third-order valence-corrected chi connectivity index (χ3v) is 4.74. The van der Waals surface area contributed by atoms with E-state index >= 15 is 0 Å². The average molecular weight is 266 g/mol. The SMILES string of the molecule is CCCNC1CC(CC(C)(C)C)CN(C2CCC2)C1. The zero-order valence-electron chi connectivity index (χ0n) is 13.5. The van der Waals surface area contributed by atoms with Crippen LogP contribution in [0.4, 0.5) is 0 Å². The van der Waals surface area contributed by atoms with Gasteiger partial charge in [0.05, 0.1) is 0 Å². The lowest BCUT2D eigenvalue weighted by atomic mass is 9.78. The predicted octanol–water partition coefficient (Wildman–Crippen LogP) is 3.67. The Morgan fingerprint density at radius 3 is 2.42 bits per heavy atom. The summed E-state index contributed by atoms with van der Waals surface area (Å²) >= 11 is 0. The van der Waals surface area contributed by atoms with E-state index in [9.17, 15) is 0 Å². The summed E-state index contributed by atoms with van der Waals surface area (Å²) in [5.41, 5.74) is 0.475. The lowest BCUT2D eigenvalue weighted by molar-refractivity contribution is 0.0463. The van der Waals surface area contributed by atoms with Gasteiger partial charge in [-0.25, -0.2) is 0 Å². The molecule has 2 rings (SSSR count). The molecule has 2 fully saturated rings. The number of hydrogen-bond donors (Lipinski definition) is 1. The molecule has 1 saturated heterocycles. The molecular formula is C17H34N2. The van der Waals surface area contributed by atoms with Crippen LogP contribution in [0.25, 0.3) is 0 Å². The van der Waals surface area contributed by atoms with Gasteiger partial charge in [0.2, 0.25) is 0 Å². The molecule has 1 heterocycles. The van der Waals surface area contributed by atoms with Crippen LogP contribution in [0.3, 0.4) is 0 Å². The molecule has 2 aliphatic rings. The van der Waals surface area contributed by atoms with Crippen molar-refractivity contribution in [3.8, 4) is 0 Å². The fourth-order valence-electron chi connectivity index (χ4n) is 3.80. The molecule has 0 spiro atoms. The van der Waals surface area contributed by atoms with E-state index in [4.69, 9.17) is 0 Å². The van der Waals surface area contributed by atoms with Crippen molar-refractivity contribution in [2.75, 3.05) is 19.6 Å². The minimum Gasteiger partial charge on any atom is -0.313 e. The van der Waals surface area contributed by atoms with Gasteiger partial charge < -0.3 is 5.32 Å². The Kier molecular flexibility index (Phi) is 5.30. The molecule has 0 aromatic carbocycles. The molecule has 2 heteroatoms. The van der Waals surface area contributed by atoms with Gasteiger partial charge in [0.15, 0.2) is 0 Å². The van der Waals surface area contributed by atoms with E-state index in [1.807, 2.05) is 0 Å².